The number of amides is 1. The summed E-state index contributed by atoms with van der Waals surface area (Å²) >= 11 is 0. The van der Waals surface area contributed by atoms with Crippen molar-refractivity contribution in [3.8, 4) is 0 Å². The highest BCUT2D eigenvalue weighted by Crippen LogP contribution is 2.22. The normalized spacial score (nSPS) is 25.9. The van der Waals surface area contributed by atoms with Gasteiger partial charge in [0.1, 0.15) is 0 Å². The first kappa shape index (κ1) is 15.8. The van der Waals surface area contributed by atoms with E-state index in [4.69, 9.17) is 0 Å². The maximum absolute atomic E-state index is 12.1. The van der Waals surface area contributed by atoms with Gasteiger partial charge in [0.25, 0.3) is 0 Å². The number of halogens is 1. The van der Waals surface area contributed by atoms with Crippen molar-refractivity contribution < 1.29 is 4.79 Å². The number of hydrogen-bond acceptors (Lipinski definition) is 2. The molecule has 1 saturated carbocycles. The Morgan fingerprint density at radius 3 is 2.33 bits per heavy atom. The highest BCUT2D eigenvalue weighted by Gasteiger charge is 2.21. The van der Waals surface area contributed by atoms with Crippen LogP contribution in [-0.4, -0.2) is 25.5 Å². The van der Waals surface area contributed by atoms with Crippen LogP contribution in [-0.2, 0) is 4.79 Å². The van der Waals surface area contributed by atoms with E-state index in [1.165, 1.54) is 38.5 Å². The van der Waals surface area contributed by atoms with Crippen LogP contribution in [0, 0.1) is 11.8 Å². The summed E-state index contributed by atoms with van der Waals surface area (Å²) < 4.78 is 0. The Hall–Kier alpha value is -0.280. The largest absolute Gasteiger partial charge is 0.356 e. The topological polar surface area (TPSA) is 41.1 Å². The first-order chi connectivity index (χ1) is 8.36. The van der Waals surface area contributed by atoms with Gasteiger partial charge in [0.2, 0.25) is 5.91 Å². The van der Waals surface area contributed by atoms with Gasteiger partial charge < -0.3 is 10.6 Å². The molecule has 0 aromatic heterocycles. The molecule has 1 aliphatic heterocycles. The second-order valence-corrected chi connectivity index (χ2v) is 5.65. The highest BCUT2D eigenvalue weighted by molar-refractivity contribution is 5.85. The van der Waals surface area contributed by atoms with E-state index in [2.05, 4.69) is 10.6 Å². The van der Waals surface area contributed by atoms with E-state index >= 15 is 0 Å². The smallest absolute Gasteiger partial charge is 0.223 e. The van der Waals surface area contributed by atoms with Crippen LogP contribution >= 0.6 is 12.4 Å². The molecule has 1 heterocycles. The van der Waals surface area contributed by atoms with Crippen molar-refractivity contribution in [1.82, 2.24) is 10.6 Å². The molecule has 2 N–H and O–H groups in total. The molecule has 18 heavy (non-hydrogen) atoms. The predicted octanol–water partition coefficient (Wildman–Crippen LogP) is 2.49. The van der Waals surface area contributed by atoms with Crippen molar-refractivity contribution in [1.29, 1.82) is 0 Å². The molecule has 1 atom stereocenters. The minimum atomic E-state index is 0. The number of hydrogen-bond donors (Lipinski definition) is 2. The predicted molar refractivity (Wildman–Crippen MR) is 77.0 cm³/mol. The molecule has 0 aromatic rings. The molecule has 0 bridgehead atoms. The van der Waals surface area contributed by atoms with Gasteiger partial charge in [0, 0.05) is 12.5 Å². The molecule has 3 nitrogen and oxygen atoms in total. The Kier molecular flexibility index (Phi) is 7.68. The molecule has 0 radical (unpaired) electrons. The summed E-state index contributed by atoms with van der Waals surface area (Å²) in [6.07, 6.45) is 9.90. The van der Waals surface area contributed by atoms with E-state index in [1.54, 1.807) is 0 Å². The molecule has 2 rings (SSSR count). The third-order valence-electron chi connectivity index (χ3n) is 4.20. The third kappa shape index (κ3) is 5.15. The van der Waals surface area contributed by atoms with Crippen molar-refractivity contribution in [3.05, 3.63) is 0 Å². The van der Waals surface area contributed by atoms with Crippen molar-refractivity contribution in [2.24, 2.45) is 11.8 Å². The zero-order chi connectivity index (χ0) is 11.9. The van der Waals surface area contributed by atoms with Gasteiger partial charge in [-0.15, -0.1) is 12.4 Å². The van der Waals surface area contributed by atoms with Gasteiger partial charge in [-0.1, -0.05) is 32.1 Å². The molecule has 2 fully saturated rings. The van der Waals surface area contributed by atoms with E-state index in [0.29, 0.717) is 17.7 Å². The monoisotopic (exact) mass is 274 g/mol. The van der Waals surface area contributed by atoms with E-state index in [9.17, 15) is 4.79 Å². The Bertz CT molecular complexity index is 234. The van der Waals surface area contributed by atoms with E-state index in [1.807, 2.05) is 0 Å². The summed E-state index contributed by atoms with van der Waals surface area (Å²) in [6.45, 7) is 3.07. The fourth-order valence-electron chi connectivity index (χ4n) is 3.00. The average Bonchev–Trinajstić information content (AvgIpc) is 2.78. The number of carbonyl (C=O) groups is 1. The number of nitrogens with one attached hydrogen (secondary N) is 2. The first-order valence-corrected chi connectivity index (χ1v) is 7.34. The molecule has 1 amide bonds. The summed E-state index contributed by atoms with van der Waals surface area (Å²) in [4.78, 5) is 12.1. The zero-order valence-corrected chi connectivity index (χ0v) is 12.1. The highest BCUT2D eigenvalue weighted by atomic mass is 35.5. The Balaban J connectivity index is 0.00000162. The molecule has 4 heteroatoms. The minimum absolute atomic E-state index is 0. The Morgan fingerprint density at radius 1 is 1.06 bits per heavy atom. The number of rotatable bonds is 3. The van der Waals surface area contributed by atoms with Gasteiger partial charge in [0.15, 0.2) is 0 Å². The lowest BCUT2D eigenvalue weighted by Crippen LogP contribution is -2.35. The van der Waals surface area contributed by atoms with Gasteiger partial charge in [-0.2, -0.15) is 0 Å². The fourth-order valence-corrected chi connectivity index (χ4v) is 3.00. The van der Waals surface area contributed by atoms with Crippen LogP contribution in [0.25, 0.3) is 0 Å². The third-order valence-corrected chi connectivity index (χ3v) is 4.20. The first-order valence-electron chi connectivity index (χ1n) is 7.34. The molecular weight excluding hydrogens is 248 g/mol. The van der Waals surface area contributed by atoms with Gasteiger partial charge in [0.05, 0.1) is 0 Å². The molecular formula is C14H27ClN2O. The average molecular weight is 275 g/mol. The maximum Gasteiger partial charge on any atom is 0.223 e. The summed E-state index contributed by atoms with van der Waals surface area (Å²) in [5.74, 6) is 1.27. The minimum Gasteiger partial charge on any atom is -0.356 e. The van der Waals surface area contributed by atoms with Gasteiger partial charge in [-0.3, -0.25) is 4.79 Å². The van der Waals surface area contributed by atoms with Gasteiger partial charge >= 0.3 is 0 Å². The zero-order valence-electron chi connectivity index (χ0n) is 11.2. The van der Waals surface area contributed by atoms with Crippen molar-refractivity contribution in [2.45, 2.75) is 51.4 Å². The summed E-state index contributed by atoms with van der Waals surface area (Å²) in [7, 11) is 0. The van der Waals surface area contributed by atoms with Crippen molar-refractivity contribution in [2.75, 3.05) is 19.6 Å². The second kappa shape index (κ2) is 8.76. The molecule has 1 saturated heterocycles. The molecule has 0 spiro atoms. The second-order valence-electron chi connectivity index (χ2n) is 5.65. The standard InChI is InChI=1S/C14H26N2O.ClH/c17-14(16-11-12-8-9-15-10-12)13-6-4-2-1-3-5-7-13;/h12-13,15H,1-11H2,(H,16,17);1H. The van der Waals surface area contributed by atoms with Gasteiger partial charge in [-0.25, -0.2) is 0 Å². The van der Waals surface area contributed by atoms with Crippen LogP contribution in [0.5, 0.6) is 0 Å². The molecule has 2 aliphatic rings. The lowest BCUT2D eigenvalue weighted by molar-refractivity contribution is -0.125. The lowest BCUT2D eigenvalue weighted by Gasteiger charge is -2.20. The fraction of sp³-hybridized carbons (Fsp3) is 0.929. The molecule has 1 aliphatic carbocycles. The van der Waals surface area contributed by atoms with Crippen LogP contribution < -0.4 is 10.6 Å². The summed E-state index contributed by atoms with van der Waals surface area (Å²) in [5, 5.41) is 6.51. The number of carbonyl (C=O) groups excluding carboxylic acids is 1. The quantitative estimate of drug-likeness (QED) is 0.830. The van der Waals surface area contributed by atoms with Crippen LogP contribution in [0.3, 0.4) is 0 Å². The van der Waals surface area contributed by atoms with Crippen molar-refractivity contribution >= 4 is 18.3 Å². The maximum atomic E-state index is 12.1. The van der Waals surface area contributed by atoms with Crippen LogP contribution in [0.1, 0.15) is 51.4 Å². The lowest BCUT2D eigenvalue weighted by atomic mass is 9.90. The van der Waals surface area contributed by atoms with Gasteiger partial charge in [-0.05, 0) is 38.3 Å². The SMILES string of the molecule is Cl.O=C(NCC1CCNC1)C1CCCCCCC1. The van der Waals surface area contributed by atoms with Crippen LogP contribution in [0.4, 0.5) is 0 Å². The van der Waals surface area contributed by atoms with E-state index < -0.39 is 0 Å². The van der Waals surface area contributed by atoms with Crippen molar-refractivity contribution in [3.63, 3.8) is 0 Å². The summed E-state index contributed by atoms with van der Waals surface area (Å²) in [6, 6.07) is 0. The molecule has 106 valence electrons. The van der Waals surface area contributed by atoms with Crippen LogP contribution in [0.2, 0.25) is 0 Å². The van der Waals surface area contributed by atoms with E-state index in [-0.39, 0.29) is 12.4 Å². The molecule has 0 aromatic carbocycles. The Morgan fingerprint density at radius 2 is 1.72 bits per heavy atom. The van der Waals surface area contributed by atoms with E-state index in [0.717, 1.165) is 32.5 Å². The summed E-state index contributed by atoms with van der Waals surface area (Å²) in [5.41, 5.74) is 0. The Labute approximate surface area is 117 Å². The van der Waals surface area contributed by atoms with Crippen LogP contribution in [0.15, 0.2) is 0 Å². The molecule has 1 unspecified atom stereocenters.